The van der Waals surface area contributed by atoms with Crippen LogP contribution in [-0.4, -0.2) is 45.5 Å². The molecule has 0 spiro atoms. The molecule has 0 saturated heterocycles. The molecule has 2 aromatic rings. The highest BCUT2D eigenvalue weighted by Crippen LogP contribution is 2.36. The maximum absolute atomic E-state index is 10.4. The summed E-state index contributed by atoms with van der Waals surface area (Å²) in [7, 11) is 0. The summed E-state index contributed by atoms with van der Waals surface area (Å²) in [5, 5.41) is 23.8. The Hall–Kier alpha value is -2.02. The van der Waals surface area contributed by atoms with Crippen LogP contribution in [0.15, 0.2) is 42.6 Å². The minimum Gasteiger partial charge on any atom is -0.486 e. The lowest BCUT2D eigenvalue weighted by Crippen LogP contribution is -2.37. The van der Waals surface area contributed by atoms with Crippen LogP contribution in [0.4, 0.5) is 0 Å². The second-order valence-electron chi connectivity index (χ2n) is 8.04. The Bertz CT molecular complexity index is 754. The lowest BCUT2D eigenvalue weighted by atomic mass is 9.88. The Labute approximate surface area is 166 Å². The first-order chi connectivity index (χ1) is 13.7. The van der Waals surface area contributed by atoms with Crippen LogP contribution in [0.5, 0.6) is 5.75 Å². The summed E-state index contributed by atoms with van der Waals surface area (Å²) in [5.41, 5.74) is 0.928. The van der Waals surface area contributed by atoms with E-state index in [1.54, 1.807) is 6.20 Å². The molecule has 1 heterocycles. The van der Waals surface area contributed by atoms with Gasteiger partial charge in [0.15, 0.2) is 5.82 Å². The van der Waals surface area contributed by atoms with Gasteiger partial charge in [0.1, 0.15) is 12.4 Å². The number of aliphatic hydroxyl groups is 2. The van der Waals surface area contributed by atoms with E-state index in [0.717, 1.165) is 23.9 Å². The monoisotopic (exact) mass is 383 g/mol. The van der Waals surface area contributed by atoms with E-state index in [4.69, 9.17) is 4.74 Å². The third-order valence-electron chi connectivity index (χ3n) is 5.95. The van der Waals surface area contributed by atoms with Crippen LogP contribution in [0.25, 0.3) is 0 Å². The predicted molar refractivity (Wildman–Crippen MR) is 106 cm³/mol. The van der Waals surface area contributed by atoms with E-state index in [1.807, 2.05) is 36.4 Å². The molecule has 4 unspecified atom stereocenters. The third-order valence-corrected chi connectivity index (χ3v) is 5.95. The topological polar surface area (TPSA) is 87.5 Å². The van der Waals surface area contributed by atoms with Crippen LogP contribution in [0.2, 0.25) is 0 Å². The Morgan fingerprint density at radius 3 is 2.68 bits per heavy atom. The molecule has 2 fully saturated rings. The fourth-order valence-corrected chi connectivity index (χ4v) is 4.15. The first-order valence-electron chi connectivity index (χ1n) is 10.2. The summed E-state index contributed by atoms with van der Waals surface area (Å²) in [5.74, 6) is 2.27. The normalized spacial score (nSPS) is 27.1. The van der Waals surface area contributed by atoms with Crippen LogP contribution in [0.1, 0.15) is 30.8 Å². The molecule has 1 aromatic carbocycles. The molecular weight excluding hydrogens is 354 g/mol. The number of aliphatic hydroxyl groups excluding tert-OH is 2. The van der Waals surface area contributed by atoms with Crippen LogP contribution in [0.3, 0.4) is 0 Å². The van der Waals surface area contributed by atoms with Gasteiger partial charge in [0.05, 0.1) is 6.10 Å². The van der Waals surface area contributed by atoms with E-state index in [9.17, 15) is 10.2 Å². The van der Waals surface area contributed by atoms with E-state index in [1.165, 1.54) is 12.8 Å². The van der Waals surface area contributed by atoms with Gasteiger partial charge in [0.2, 0.25) is 0 Å². The summed E-state index contributed by atoms with van der Waals surface area (Å²) in [6, 6.07) is 11.8. The molecular formula is C22H29N3O3. The number of hydrogen-bond donors (Lipinski definition) is 3. The van der Waals surface area contributed by atoms with Crippen molar-refractivity contribution < 1.29 is 14.9 Å². The smallest absolute Gasteiger partial charge is 0.166 e. The quantitative estimate of drug-likeness (QED) is 0.614. The Kier molecular flexibility index (Phi) is 6.20. The molecule has 2 aliphatic carbocycles. The van der Waals surface area contributed by atoms with E-state index in [-0.39, 0.29) is 24.5 Å². The molecule has 1 aromatic heterocycles. The average Bonchev–Trinajstić information content (AvgIpc) is 3.50. The Balaban J connectivity index is 1.40. The fraction of sp³-hybridized carbons (Fsp3) is 0.545. The highest BCUT2D eigenvalue weighted by atomic mass is 16.5. The van der Waals surface area contributed by atoms with Crippen molar-refractivity contribution in [3.8, 4) is 5.75 Å². The van der Waals surface area contributed by atoms with Crippen LogP contribution in [-0.2, 0) is 13.0 Å². The van der Waals surface area contributed by atoms with Gasteiger partial charge in [-0.2, -0.15) is 0 Å². The molecule has 3 N–H and O–H groups in total. The summed E-state index contributed by atoms with van der Waals surface area (Å²) >= 11 is 0. The molecule has 150 valence electrons. The maximum atomic E-state index is 10.4. The highest BCUT2D eigenvalue weighted by Gasteiger charge is 2.42. The third kappa shape index (κ3) is 4.87. The SMILES string of the molecule is OCC1C(O)CC(NCC2CC2)C1Cc1ccnc(COc2ccccc2)n1. The van der Waals surface area contributed by atoms with Crippen LogP contribution < -0.4 is 10.1 Å². The molecule has 0 radical (unpaired) electrons. The molecule has 2 aliphatic rings. The van der Waals surface area contributed by atoms with Crippen molar-refractivity contribution in [1.82, 2.24) is 15.3 Å². The van der Waals surface area contributed by atoms with Gasteiger partial charge in [-0.3, -0.25) is 0 Å². The zero-order valence-corrected chi connectivity index (χ0v) is 16.1. The molecule has 4 atom stereocenters. The Morgan fingerprint density at radius 2 is 1.93 bits per heavy atom. The lowest BCUT2D eigenvalue weighted by Gasteiger charge is -2.25. The number of nitrogens with zero attached hydrogens (tertiary/aromatic N) is 2. The number of ether oxygens (including phenoxy) is 1. The number of aromatic nitrogens is 2. The Morgan fingerprint density at radius 1 is 1.11 bits per heavy atom. The van der Waals surface area contributed by atoms with Crippen molar-refractivity contribution in [1.29, 1.82) is 0 Å². The lowest BCUT2D eigenvalue weighted by molar-refractivity contribution is 0.0716. The van der Waals surface area contributed by atoms with Crippen LogP contribution in [0, 0.1) is 17.8 Å². The number of rotatable bonds is 9. The number of benzene rings is 1. The van der Waals surface area contributed by atoms with Gasteiger partial charge in [0.25, 0.3) is 0 Å². The number of hydrogen-bond acceptors (Lipinski definition) is 6. The molecule has 6 heteroatoms. The van der Waals surface area contributed by atoms with Gasteiger partial charge in [-0.15, -0.1) is 0 Å². The van der Waals surface area contributed by atoms with E-state index >= 15 is 0 Å². The van der Waals surface area contributed by atoms with E-state index in [0.29, 0.717) is 25.3 Å². The second-order valence-corrected chi connectivity index (χ2v) is 8.04. The minimum absolute atomic E-state index is 0.00248. The van der Waals surface area contributed by atoms with Gasteiger partial charge >= 0.3 is 0 Å². The van der Waals surface area contributed by atoms with Crippen molar-refractivity contribution in [2.45, 2.75) is 44.4 Å². The summed E-state index contributed by atoms with van der Waals surface area (Å²) in [4.78, 5) is 8.98. The molecule has 28 heavy (non-hydrogen) atoms. The molecule has 2 saturated carbocycles. The van der Waals surface area contributed by atoms with Gasteiger partial charge in [0, 0.05) is 30.5 Å². The van der Waals surface area contributed by atoms with Crippen molar-refractivity contribution in [2.75, 3.05) is 13.2 Å². The molecule has 6 nitrogen and oxygen atoms in total. The largest absolute Gasteiger partial charge is 0.486 e. The molecule has 0 amide bonds. The molecule has 0 bridgehead atoms. The summed E-state index contributed by atoms with van der Waals surface area (Å²) in [6.07, 6.45) is 5.30. The number of nitrogens with one attached hydrogen (secondary N) is 1. The van der Waals surface area contributed by atoms with Gasteiger partial charge in [-0.05, 0) is 62.3 Å². The van der Waals surface area contributed by atoms with Gasteiger partial charge in [-0.25, -0.2) is 9.97 Å². The standard InChI is InChI=1S/C22H29N3O3/c26-13-19-18(20(11-21(19)27)24-12-15-6-7-15)10-16-8-9-23-22(25-16)14-28-17-4-2-1-3-5-17/h1-5,8-9,15,18-21,24,26-27H,6-7,10-14H2. The molecule has 4 rings (SSSR count). The van der Waals surface area contributed by atoms with E-state index < -0.39 is 6.10 Å². The van der Waals surface area contributed by atoms with Gasteiger partial charge in [-0.1, -0.05) is 18.2 Å². The van der Waals surface area contributed by atoms with Crippen molar-refractivity contribution in [2.24, 2.45) is 17.8 Å². The zero-order chi connectivity index (χ0) is 19.3. The predicted octanol–water partition coefficient (Wildman–Crippen LogP) is 1.96. The zero-order valence-electron chi connectivity index (χ0n) is 16.1. The van der Waals surface area contributed by atoms with Crippen molar-refractivity contribution in [3.05, 3.63) is 54.1 Å². The second kappa shape index (κ2) is 8.99. The minimum atomic E-state index is -0.463. The summed E-state index contributed by atoms with van der Waals surface area (Å²) < 4.78 is 5.75. The average molecular weight is 383 g/mol. The highest BCUT2D eigenvalue weighted by molar-refractivity contribution is 5.21. The van der Waals surface area contributed by atoms with E-state index in [2.05, 4.69) is 15.3 Å². The van der Waals surface area contributed by atoms with Crippen molar-refractivity contribution >= 4 is 0 Å². The summed E-state index contributed by atoms with van der Waals surface area (Å²) in [6.45, 7) is 1.33. The van der Waals surface area contributed by atoms with Crippen molar-refractivity contribution in [3.63, 3.8) is 0 Å². The first kappa shape index (κ1) is 19.3. The fourth-order valence-electron chi connectivity index (χ4n) is 4.15. The maximum Gasteiger partial charge on any atom is 0.166 e. The number of para-hydroxylation sites is 1. The first-order valence-corrected chi connectivity index (χ1v) is 10.2. The van der Waals surface area contributed by atoms with Gasteiger partial charge < -0.3 is 20.3 Å². The molecule has 0 aliphatic heterocycles. The van der Waals surface area contributed by atoms with Crippen LogP contribution >= 0.6 is 0 Å².